The van der Waals surface area contributed by atoms with Gasteiger partial charge in [-0.25, -0.2) is 0 Å². The molecule has 3 N–H and O–H groups in total. The Labute approximate surface area is 83.4 Å². The van der Waals surface area contributed by atoms with Crippen molar-refractivity contribution in [2.75, 3.05) is 13.1 Å². The van der Waals surface area contributed by atoms with Crippen molar-refractivity contribution in [1.29, 1.82) is 0 Å². The summed E-state index contributed by atoms with van der Waals surface area (Å²) in [6, 6.07) is -0.294. The fraction of sp³-hybridized carbons (Fsp3) is 0.750. The van der Waals surface area contributed by atoms with Gasteiger partial charge < -0.3 is 0 Å². The zero-order valence-corrected chi connectivity index (χ0v) is 8.59. The molecule has 0 aromatic heterocycles. The summed E-state index contributed by atoms with van der Waals surface area (Å²) < 4.78 is 10.1. The number of rotatable bonds is 3. The van der Waals surface area contributed by atoms with Crippen LogP contribution < -0.4 is 10.6 Å². The molecular formula is C8H13N2O3P. The molecule has 14 heavy (non-hydrogen) atoms. The molecule has 0 saturated carbocycles. The fourth-order valence-corrected chi connectivity index (χ4v) is 1.67. The Hall–Kier alpha value is -0.600. The van der Waals surface area contributed by atoms with E-state index in [1.54, 1.807) is 0 Å². The molecule has 1 aliphatic heterocycles. The van der Waals surface area contributed by atoms with Gasteiger partial charge in [-0.2, -0.15) is 0 Å². The van der Waals surface area contributed by atoms with Crippen molar-refractivity contribution < 1.29 is 14.5 Å². The molecule has 0 bridgehead atoms. The van der Waals surface area contributed by atoms with E-state index in [0.29, 0.717) is 19.5 Å². The van der Waals surface area contributed by atoms with E-state index in [0.717, 1.165) is 6.42 Å². The Morgan fingerprint density at radius 3 is 3.14 bits per heavy atom. The minimum atomic E-state index is -0.814. The molecule has 78 valence electrons. The van der Waals surface area contributed by atoms with Crippen molar-refractivity contribution in [1.82, 2.24) is 10.6 Å². The zero-order chi connectivity index (χ0) is 10.4. The SMILES string of the molecule is O=P#CCNC1CCNC(C(=O)O)C1. The molecule has 0 aliphatic carbocycles. The van der Waals surface area contributed by atoms with Gasteiger partial charge in [-0.05, 0) is 0 Å². The van der Waals surface area contributed by atoms with E-state index >= 15 is 0 Å². The van der Waals surface area contributed by atoms with Gasteiger partial charge in [0.25, 0.3) is 0 Å². The topological polar surface area (TPSA) is 78.4 Å². The fourth-order valence-electron chi connectivity index (χ4n) is 1.51. The summed E-state index contributed by atoms with van der Waals surface area (Å²) in [5, 5.41) is 14.8. The van der Waals surface area contributed by atoms with Crippen LogP contribution in [-0.4, -0.2) is 36.2 Å². The molecule has 0 radical (unpaired) electrons. The molecule has 6 heteroatoms. The Morgan fingerprint density at radius 2 is 2.50 bits per heavy atom. The van der Waals surface area contributed by atoms with Crippen LogP contribution in [0.4, 0.5) is 0 Å². The first-order chi connectivity index (χ1) is 6.74. The molecule has 0 aromatic carbocycles. The molecule has 2 unspecified atom stereocenters. The van der Waals surface area contributed by atoms with E-state index in [1.807, 2.05) is 0 Å². The van der Waals surface area contributed by atoms with Crippen LogP contribution in [0.1, 0.15) is 12.8 Å². The van der Waals surface area contributed by atoms with Crippen molar-refractivity contribution in [3.8, 4) is 5.63 Å². The number of piperidine rings is 1. The Bertz CT molecular complexity index is 301. The first-order valence-electron chi connectivity index (χ1n) is 4.49. The van der Waals surface area contributed by atoms with Crippen LogP contribution in [0.25, 0.3) is 0 Å². The van der Waals surface area contributed by atoms with Crippen LogP contribution in [0, 0.1) is 5.63 Å². The predicted molar refractivity (Wildman–Crippen MR) is 51.9 cm³/mol. The first-order valence-corrected chi connectivity index (χ1v) is 5.30. The number of carboxylic acids is 1. The van der Waals surface area contributed by atoms with Gasteiger partial charge in [-0.1, -0.05) is 0 Å². The number of hydrogen-bond donors (Lipinski definition) is 3. The molecule has 1 aliphatic rings. The van der Waals surface area contributed by atoms with E-state index in [2.05, 4.69) is 16.3 Å². The normalized spacial score (nSPS) is 26.6. The number of aliphatic carboxylic acids is 1. The van der Waals surface area contributed by atoms with Gasteiger partial charge in [-0.15, -0.1) is 0 Å². The Morgan fingerprint density at radius 1 is 1.71 bits per heavy atom. The number of carboxylic acid groups (broad SMARTS) is 1. The average Bonchev–Trinajstić information content (AvgIpc) is 2.19. The average molecular weight is 216 g/mol. The van der Waals surface area contributed by atoms with Crippen molar-refractivity contribution in [3.05, 3.63) is 0 Å². The molecule has 1 heterocycles. The maximum absolute atomic E-state index is 10.7. The summed E-state index contributed by atoms with van der Waals surface area (Å²) in [6.07, 6.45) is 1.45. The molecule has 0 amide bonds. The summed E-state index contributed by atoms with van der Waals surface area (Å²) in [6.45, 7) is 1.13. The third-order valence-electron chi connectivity index (χ3n) is 2.24. The van der Waals surface area contributed by atoms with Crippen molar-refractivity contribution in [2.24, 2.45) is 0 Å². The molecule has 1 saturated heterocycles. The maximum atomic E-state index is 10.7. The van der Waals surface area contributed by atoms with E-state index in [4.69, 9.17) is 5.11 Å². The summed E-state index contributed by atoms with van der Waals surface area (Å²) >= 11 is 0. The van der Waals surface area contributed by atoms with Gasteiger partial charge in [0.1, 0.15) is 0 Å². The number of nitrogens with one attached hydrogen (secondary N) is 2. The first kappa shape index (κ1) is 11.5. The third kappa shape index (κ3) is 3.64. The van der Waals surface area contributed by atoms with Gasteiger partial charge in [0.15, 0.2) is 0 Å². The second-order valence-corrected chi connectivity index (χ2v) is 3.70. The zero-order valence-electron chi connectivity index (χ0n) is 7.69. The minimum absolute atomic E-state index is 0.112. The van der Waals surface area contributed by atoms with Crippen LogP contribution in [0.2, 0.25) is 0 Å². The van der Waals surface area contributed by atoms with Crippen LogP contribution in [0.3, 0.4) is 0 Å². The standard InChI is InChI=1S/C8H13N2O3P/c11-8(12)7-5-6(1-2-10-7)9-3-4-14-13/h6-7,9-10H,1-3,5H2,(H,11,12). The van der Waals surface area contributed by atoms with Crippen molar-refractivity contribution in [3.63, 3.8) is 0 Å². The van der Waals surface area contributed by atoms with Crippen molar-refractivity contribution in [2.45, 2.75) is 24.9 Å². The molecular weight excluding hydrogens is 203 g/mol. The summed E-state index contributed by atoms with van der Waals surface area (Å²) in [4.78, 5) is 10.7. The van der Waals surface area contributed by atoms with Crippen LogP contribution in [-0.2, 0) is 9.36 Å². The van der Waals surface area contributed by atoms with E-state index in [-0.39, 0.29) is 14.0 Å². The monoisotopic (exact) mass is 216 g/mol. The summed E-state index contributed by atoms with van der Waals surface area (Å²) in [5.74, 6) is -0.814. The summed E-state index contributed by atoms with van der Waals surface area (Å²) in [5.41, 5.74) is 2.58. The van der Waals surface area contributed by atoms with Gasteiger partial charge in [-0.3, -0.25) is 0 Å². The van der Waals surface area contributed by atoms with Crippen LogP contribution >= 0.6 is 7.92 Å². The molecule has 5 nitrogen and oxygen atoms in total. The number of carbonyl (C=O) groups is 1. The molecule has 0 spiro atoms. The van der Waals surface area contributed by atoms with Gasteiger partial charge >= 0.3 is 82.6 Å². The molecule has 0 aromatic rings. The van der Waals surface area contributed by atoms with Gasteiger partial charge in [0.2, 0.25) is 0 Å². The summed E-state index contributed by atoms with van der Waals surface area (Å²) in [7, 11) is -0.112. The quantitative estimate of drug-likeness (QED) is 0.580. The third-order valence-corrected chi connectivity index (χ3v) is 2.52. The Kier molecular flexibility index (Phi) is 4.91. The van der Waals surface area contributed by atoms with Gasteiger partial charge in [0, 0.05) is 0 Å². The van der Waals surface area contributed by atoms with E-state index < -0.39 is 12.0 Å². The molecule has 1 rings (SSSR count). The second kappa shape index (κ2) is 5.99. The van der Waals surface area contributed by atoms with E-state index in [1.165, 1.54) is 0 Å². The van der Waals surface area contributed by atoms with E-state index in [9.17, 15) is 9.36 Å². The Balaban J connectivity index is 2.34. The van der Waals surface area contributed by atoms with Crippen LogP contribution in [0.5, 0.6) is 0 Å². The van der Waals surface area contributed by atoms with Crippen molar-refractivity contribution >= 4 is 13.9 Å². The predicted octanol–water partition coefficient (Wildman–Crippen LogP) is 0.0321. The van der Waals surface area contributed by atoms with Crippen LogP contribution in [0.15, 0.2) is 0 Å². The molecule has 1 fully saturated rings. The second-order valence-electron chi connectivity index (χ2n) is 3.20. The molecule has 2 atom stereocenters. The number of hydrogen-bond acceptors (Lipinski definition) is 4. The van der Waals surface area contributed by atoms with Gasteiger partial charge in [0.05, 0.1) is 0 Å².